The minimum Gasteiger partial charge on any atom is -0.467 e. The molecule has 0 saturated heterocycles. The second kappa shape index (κ2) is 6.02. The van der Waals surface area contributed by atoms with Crippen LogP contribution in [0.1, 0.15) is 70.8 Å². The van der Waals surface area contributed by atoms with Gasteiger partial charge in [0, 0.05) is 23.7 Å². The Hall–Kier alpha value is -2.63. The molecule has 2 aliphatic rings. The molecule has 0 unspecified atom stereocenters. The van der Waals surface area contributed by atoms with Gasteiger partial charge in [0.15, 0.2) is 5.78 Å². The van der Waals surface area contributed by atoms with Gasteiger partial charge >= 0.3 is 0 Å². The molecule has 6 nitrogen and oxygen atoms in total. The Labute approximate surface area is 144 Å². The monoisotopic (exact) mass is 340 g/mol. The van der Waals surface area contributed by atoms with Crippen LogP contribution in [0.2, 0.25) is 0 Å². The van der Waals surface area contributed by atoms with E-state index in [4.69, 9.17) is 4.42 Å². The van der Waals surface area contributed by atoms with Gasteiger partial charge in [-0.3, -0.25) is 14.4 Å². The fraction of sp³-hybridized carbons (Fsp3) is 0.421. The van der Waals surface area contributed by atoms with Crippen LogP contribution in [-0.4, -0.2) is 27.6 Å². The third-order valence-electron chi connectivity index (χ3n) is 5.03. The first-order valence-corrected chi connectivity index (χ1v) is 8.71. The van der Waals surface area contributed by atoms with Gasteiger partial charge in [-0.2, -0.15) is 0 Å². The number of nitrogens with zero attached hydrogens (tertiary/aromatic N) is 1. The normalized spacial score (nSPS) is 17.9. The van der Waals surface area contributed by atoms with Crippen molar-refractivity contribution in [3.63, 3.8) is 0 Å². The number of H-pyrrole nitrogens is 1. The lowest BCUT2D eigenvalue weighted by atomic mass is 9.93. The highest BCUT2D eigenvalue weighted by atomic mass is 16.3. The van der Waals surface area contributed by atoms with Crippen molar-refractivity contribution in [3.05, 3.63) is 57.4 Å². The summed E-state index contributed by atoms with van der Waals surface area (Å²) < 4.78 is 5.44. The molecule has 1 atom stereocenters. The number of pyridine rings is 1. The van der Waals surface area contributed by atoms with E-state index in [2.05, 4.69) is 4.98 Å². The van der Waals surface area contributed by atoms with Gasteiger partial charge in [-0.25, -0.2) is 0 Å². The van der Waals surface area contributed by atoms with Gasteiger partial charge in [0.2, 0.25) is 0 Å². The summed E-state index contributed by atoms with van der Waals surface area (Å²) in [4.78, 5) is 42.2. The van der Waals surface area contributed by atoms with Gasteiger partial charge in [-0.05, 0) is 50.8 Å². The summed E-state index contributed by atoms with van der Waals surface area (Å²) in [5.74, 6) is 0.336. The predicted octanol–water partition coefficient (Wildman–Crippen LogP) is 2.85. The predicted molar refractivity (Wildman–Crippen MR) is 90.6 cm³/mol. The fourth-order valence-electron chi connectivity index (χ4n) is 3.55. The molecule has 2 aliphatic carbocycles. The first-order valence-electron chi connectivity index (χ1n) is 8.71. The molecule has 1 amide bonds. The largest absolute Gasteiger partial charge is 0.467 e. The summed E-state index contributed by atoms with van der Waals surface area (Å²) in [6.07, 6.45) is 5.27. The van der Waals surface area contributed by atoms with Crippen molar-refractivity contribution in [2.75, 3.05) is 0 Å². The maximum Gasteiger partial charge on any atom is 0.261 e. The third-order valence-corrected chi connectivity index (χ3v) is 5.03. The van der Waals surface area contributed by atoms with Gasteiger partial charge in [-0.15, -0.1) is 0 Å². The molecule has 4 rings (SSSR count). The third kappa shape index (κ3) is 2.81. The van der Waals surface area contributed by atoms with Gasteiger partial charge < -0.3 is 14.3 Å². The highest BCUT2D eigenvalue weighted by Gasteiger charge is 2.38. The average molecular weight is 340 g/mol. The highest BCUT2D eigenvalue weighted by Crippen LogP contribution is 2.35. The number of aromatic amines is 1. The van der Waals surface area contributed by atoms with Crippen LogP contribution in [0, 0.1) is 0 Å². The Morgan fingerprint density at radius 3 is 2.80 bits per heavy atom. The van der Waals surface area contributed by atoms with Crippen LogP contribution >= 0.6 is 0 Å². The zero-order chi connectivity index (χ0) is 17.6. The number of aromatic nitrogens is 1. The molecule has 0 radical (unpaired) electrons. The van der Waals surface area contributed by atoms with E-state index in [1.807, 2.05) is 13.0 Å². The number of aryl methyl sites for hydroxylation is 1. The second-order valence-electron chi connectivity index (χ2n) is 6.82. The summed E-state index contributed by atoms with van der Waals surface area (Å²) in [7, 11) is 0. The Bertz CT molecular complexity index is 877. The van der Waals surface area contributed by atoms with Crippen molar-refractivity contribution in [1.29, 1.82) is 0 Å². The van der Waals surface area contributed by atoms with Crippen molar-refractivity contribution < 1.29 is 14.0 Å². The van der Waals surface area contributed by atoms with Crippen molar-refractivity contribution in [2.45, 2.75) is 51.1 Å². The van der Waals surface area contributed by atoms with E-state index in [0.717, 1.165) is 19.3 Å². The van der Waals surface area contributed by atoms with Crippen LogP contribution in [-0.2, 0) is 6.42 Å². The number of hydrogen-bond donors (Lipinski definition) is 1. The molecule has 0 spiro atoms. The minimum atomic E-state index is -0.421. The van der Waals surface area contributed by atoms with Crippen LogP contribution in [0.5, 0.6) is 0 Å². The van der Waals surface area contributed by atoms with Gasteiger partial charge in [0.1, 0.15) is 11.3 Å². The summed E-state index contributed by atoms with van der Waals surface area (Å²) >= 11 is 0. The lowest BCUT2D eigenvalue weighted by molar-refractivity contribution is 0.0650. The molecule has 1 fully saturated rings. The Balaban J connectivity index is 1.72. The first-order chi connectivity index (χ1) is 12.1. The fourth-order valence-corrected chi connectivity index (χ4v) is 3.55. The van der Waals surface area contributed by atoms with Crippen LogP contribution < -0.4 is 5.56 Å². The molecule has 1 saturated carbocycles. The van der Waals surface area contributed by atoms with Crippen LogP contribution in [0.15, 0.2) is 33.7 Å². The number of carbonyl (C=O) groups is 2. The van der Waals surface area contributed by atoms with E-state index in [1.165, 1.54) is 6.07 Å². The molecule has 2 aromatic rings. The zero-order valence-electron chi connectivity index (χ0n) is 14.1. The maximum atomic E-state index is 13.1. The zero-order valence-corrected chi connectivity index (χ0v) is 14.1. The molecule has 0 bridgehead atoms. The molecule has 2 heterocycles. The molecule has 6 heteroatoms. The average Bonchev–Trinajstić information content (AvgIpc) is 3.26. The molecular formula is C19H20N2O4. The topological polar surface area (TPSA) is 83.4 Å². The molecule has 1 N–H and O–H groups in total. The Kier molecular flexibility index (Phi) is 3.82. The number of ketones is 1. The summed E-state index contributed by atoms with van der Waals surface area (Å²) in [5.41, 5.74) is 0.750. The molecule has 130 valence electrons. The van der Waals surface area contributed by atoms with E-state index >= 15 is 0 Å². The van der Waals surface area contributed by atoms with Crippen LogP contribution in [0.4, 0.5) is 0 Å². The number of amides is 1. The molecular weight excluding hydrogens is 320 g/mol. The first kappa shape index (κ1) is 15.9. The van der Waals surface area contributed by atoms with Gasteiger partial charge in [0.25, 0.3) is 11.5 Å². The minimum absolute atomic E-state index is 0.0106. The van der Waals surface area contributed by atoms with Crippen molar-refractivity contribution in [1.82, 2.24) is 9.88 Å². The Morgan fingerprint density at radius 2 is 2.12 bits per heavy atom. The van der Waals surface area contributed by atoms with Gasteiger partial charge in [0.05, 0.1) is 12.3 Å². The quantitative estimate of drug-likeness (QED) is 0.927. The summed E-state index contributed by atoms with van der Waals surface area (Å²) in [6.45, 7) is 1.90. The lowest BCUT2D eigenvalue weighted by Crippen LogP contribution is -2.39. The van der Waals surface area contributed by atoms with Crippen LogP contribution in [0.3, 0.4) is 0 Å². The molecule has 0 aliphatic heterocycles. The summed E-state index contributed by atoms with van der Waals surface area (Å²) in [6, 6.07) is 4.95. The second-order valence-corrected chi connectivity index (χ2v) is 6.82. The molecule has 0 aromatic carbocycles. The molecule has 2 aromatic heterocycles. The number of rotatable bonds is 4. The van der Waals surface area contributed by atoms with E-state index in [1.54, 1.807) is 17.2 Å². The van der Waals surface area contributed by atoms with E-state index in [9.17, 15) is 14.4 Å². The lowest BCUT2D eigenvalue weighted by Gasteiger charge is -2.28. The Morgan fingerprint density at radius 1 is 1.32 bits per heavy atom. The number of furan rings is 1. The van der Waals surface area contributed by atoms with Crippen molar-refractivity contribution in [2.24, 2.45) is 0 Å². The summed E-state index contributed by atoms with van der Waals surface area (Å²) in [5, 5.41) is 0. The van der Waals surface area contributed by atoms with Crippen molar-refractivity contribution >= 4 is 11.7 Å². The standard InChI is InChI=1S/C19H20N2O4/c1-11(17-6-3-9-25-17)21(12-7-8-12)19(24)14-10-13-15(20-18(14)23)4-2-5-16(13)22/h3,6,9-12H,2,4-5,7-8H2,1H3,(H,20,23)/t11-/m0/s1. The molecule has 25 heavy (non-hydrogen) atoms. The number of Topliss-reactive ketones (excluding diaryl/α,β-unsaturated/α-hetero) is 1. The van der Waals surface area contributed by atoms with E-state index in [0.29, 0.717) is 29.9 Å². The SMILES string of the molecule is C[C@@H](c1ccco1)N(C(=O)c1cc2c([nH]c1=O)CCCC2=O)C1CC1. The van der Waals surface area contributed by atoms with Crippen LogP contribution in [0.25, 0.3) is 0 Å². The van der Waals surface area contributed by atoms with E-state index in [-0.39, 0.29) is 29.3 Å². The number of fused-ring (bicyclic) bond motifs is 1. The van der Waals surface area contributed by atoms with Crippen molar-refractivity contribution in [3.8, 4) is 0 Å². The maximum absolute atomic E-state index is 13.1. The van der Waals surface area contributed by atoms with Gasteiger partial charge in [-0.1, -0.05) is 0 Å². The highest BCUT2D eigenvalue weighted by molar-refractivity contribution is 6.01. The number of carbonyl (C=O) groups excluding carboxylic acids is 2. The number of nitrogens with one attached hydrogen (secondary N) is 1. The van der Waals surface area contributed by atoms with E-state index < -0.39 is 5.56 Å². The smallest absolute Gasteiger partial charge is 0.261 e. The number of hydrogen-bond acceptors (Lipinski definition) is 4.